The molecule has 8 nitrogen and oxygen atoms in total. The van der Waals surface area contributed by atoms with Crippen LogP contribution in [-0.2, 0) is 14.8 Å². The second-order valence-electron chi connectivity index (χ2n) is 7.06. The molecule has 0 unspecified atom stereocenters. The lowest BCUT2D eigenvalue weighted by Crippen LogP contribution is -2.43. The van der Waals surface area contributed by atoms with E-state index in [1.54, 1.807) is 18.2 Å². The van der Waals surface area contributed by atoms with Gasteiger partial charge in [0.25, 0.3) is 0 Å². The van der Waals surface area contributed by atoms with Crippen LogP contribution in [0.5, 0.6) is 17.2 Å². The van der Waals surface area contributed by atoms with Crippen molar-refractivity contribution in [3.63, 3.8) is 0 Å². The Kier molecular flexibility index (Phi) is 7.30. The van der Waals surface area contributed by atoms with Gasteiger partial charge in [-0.3, -0.25) is 4.79 Å². The normalized spacial score (nSPS) is 17.1. The molecule has 1 N–H and O–H groups in total. The van der Waals surface area contributed by atoms with Gasteiger partial charge in [0.2, 0.25) is 15.9 Å². The zero-order chi connectivity index (χ0) is 22.6. The third kappa shape index (κ3) is 5.06. The van der Waals surface area contributed by atoms with E-state index in [2.05, 4.69) is 5.32 Å². The number of amides is 1. The molecule has 1 amide bonds. The monoisotopic (exact) mass is 468 g/mol. The van der Waals surface area contributed by atoms with E-state index in [9.17, 15) is 13.2 Å². The topological polar surface area (TPSA) is 94.2 Å². The number of halogens is 1. The molecule has 0 aromatic heterocycles. The summed E-state index contributed by atoms with van der Waals surface area (Å²) in [5.41, 5.74) is 0.546. The average molecular weight is 469 g/mol. The van der Waals surface area contributed by atoms with Gasteiger partial charge in [0, 0.05) is 24.8 Å². The highest BCUT2D eigenvalue weighted by atomic mass is 35.5. The van der Waals surface area contributed by atoms with Gasteiger partial charge in [-0.25, -0.2) is 8.42 Å². The maximum atomic E-state index is 13.1. The first-order chi connectivity index (χ1) is 14.8. The highest BCUT2D eigenvalue weighted by Gasteiger charge is 2.33. The fourth-order valence-corrected chi connectivity index (χ4v) is 5.36. The third-order valence-corrected chi connectivity index (χ3v) is 7.32. The van der Waals surface area contributed by atoms with Gasteiger partial charge in [-0.05, 0) is 43.2 Å². The number of rotatable bonds is 7. The summed E-state index contributed by atoms with van der Waals surface area (Å²) in [4.78, 5) is 12.9. The largest absolute Gasteiger partial charge is 0.495 e. The first-order valence-corrected chi connectivity index (χ1v) is 11.5. The Labute approximate surface area is 187 Å². The molecular weight excluding hydrogens is 444 g/mol. The van der Waals surface area contributed by atoms with Crippen LogP contribution < -0.4 is 19.5 Å². The van der Waals surface area contributed by atoms with Gasteiger partial charge in [-0.15, -0.1) is 0 Å². The van der Waals surface area contributed by atoms with Gasteiger partial charge in [0.15, 0.2) is 11.5 Å². The predicted molar refractivity (Wildman–Crippen MR) is 118 cm³/mol. The van der Waals surface area contributed by atoms with Crippen molar-refractivity contribution in [2.24, 2.45) is 5.92 Å². The summed E-state index contributed by atoms with van der Waals surface area (Å²) in [6, 6.07) is 9.39. The molecule has 1 heterocycles. The molecule has 0 aliphatic carbocycles. The van der Waals surface area contributed by atoms with Crippen LogP contribution in [0.4, 0.5) is 5.69 Å². The van der Waals surface area contributed by atoms with Crippen molar-refractivity contribution >= 4 is 33.2 Å². The zero-order valence-corrected chi connectivity index (χ0v) is 19.1. The molecule has 31 heavy (non-hydrogen) atoms. The van der Waals surface area contributed by atoms with Crippen LogP contribution in [0.25, 0.3) is 0 Å². The molecule has 3 rings (SSSR count). The van der Waals surface area contributed by atoms with Crippen molar-refractivity contribution in [3.8, 4) is 17.2 Å². The van der Waals surface area contributed by atoms with E-state index in [4.69, 9.17) is 25.8 Å². The SMILES string of the molecule is COc1ccc(S(=O)(=O)N2CCC[C@@H](C(=O)Nc3ccc(OC)c(OC)c3)C2)cc1Cl. The Balaban J connectivity index is 1.74. The Morgan fingerprint density at radius 2 is 1.71 bits per heavy atom. The first kappa shape index (κ1) is 23.2. The molecule has 0 spiro atoms. The van der Waals surface area contributed by atoms with Crippen LogP contribution >= 0.6 is 11.6 Å². The highest BCUT2D eigenvalue weighted by Crippen LogP contribution is 2.32. The molecule has 0 bridgehead atoms. The van der Waals surface area contributed by atoms with Crippen molar-refractivity contribution in [1.82, 2.24) is 4.31 Å². The van der Waals surface area contributed by atoms with E-state index in [1.165, 1.54) is 43.8 Å². The Hall–Kier alpha value is -2.49. The molecule has 0 radical (unpaired) electrons. The Bertz CT molecular complexity index is 1060. The van der Waals surface area contributed by atoms with Crippen molar-refractivity contribution in [1.29, 1.82) is 0 Å². The summed E-state index contributed by atoms with van der Waals surface area (Å²) in [5.74, 6) is 0.703. The standard InChI is InChI=1S/C21H25ClN2O6S/c1-28-18-9-7-16(12-17(18)22)31(26,27)24-10-4-5-14(13-24)21(25)23-15-6-8-19(29-2)20(11-15)30-3/h6-9,11-12,14H,4-5,10,13H2,1-3H3,(H,23,25)/t14-/m1/s1. The molecule has 1 saturated heterocycles. The lowest BCUT2D eigenvalue weighted by molar-refractivity contribution is -0.120. The Morgan fingerprint density at radius 3 is 2.35 bits per heavy atom. The minimum atomic E-state index is -3.79. The van der Waals surface area contributed by atoms with Gasteiger partial charge in [0.1, 0.15) is 5.75 Å². The van der Waals surface area contributed by atoms with E-state index >= 15 is 0 Å². The fraction of sp³-hybridized carbons (Fsp3) is 0.381. The summed E-state index contributed by atoms with van der Waals surface area (Å²) in [7, 11) is 0.712. The molecule has 10 heteroatoms. The van der Waals surface area contributed by atoms with Crippen LogP contribution in [-0.4, -0.2) is 53.0 Å². The fourth-order valence-electron chi connectivity index (χ4n) is 3.49. The summed E-state index contributed by atoms with van der Waals surface area (Å²) < 4.78 is 43.0. The second-order valence-corrected chi connectivity index (χ2v) is 9.40. The van der Waals surface area contributed by atoms with E-state index in [-0.39, 0.29) is 22.4 Å². The number of piperidine rings is 1. The number of hydrogen-bond donors (Lipinski definition) is 1. The van der Waals surface area contributed by atoms with Crippen LogP contribution in [0.3, 0.4) is 0 Å². The maximum absolute atomic E-state index is 13.1. The van der Waals surface area contributed by atoms with E-state index in [0.29, 0.717) is 42.3 Å². The van der Waals surface area contributed by atoms with Gasteiger partial charge >= 0.3 is 0 Å². The van der Waals surface area contributed by atoms with Crippen molar-refractivity contribution in [3.05, 3.63) is 41.4 Å². The number of benzene rings is 2. The second kappa shape index (κ2) is 9.76. The predicted octanol–water partition coefficient (Wildman–Crippen LogP) is 3.41. The van der Waals surface area contributed by atoms with Crippen LogP contribution in [0.15, 0.2) is 41.3 Å². The van der Waals surface area contributed by atoms with Crippen LogP contribution in [0.2, 0.25) is 5.02 Å². The quantitative estimate of drug-likeness (QED) is 0.669. The number of sulfonamides is 1. The number of carbonyl (C=O) groups is 1. The minimum absolute atomic E-state index is 0.0687. The van der Waals surface area contributed by atoms with Crippen molar-refractivity contribution < 1.29 is 27.4 Å². The minimum Gasteiger partial charge on any atom is -0.495 e. The van der Waals surface area contributed by atoms with Crippen molar-refractivity contribution in [2.75, 3.05) is 39.7 Å². The summed E-state index contributed by atoms with van der Waals surface area (Å²) in [6.45, 7) is 0.428. The smallest absolute Gasteiger partial charge is 0.243 e. The molecule has 0 saturated carbocycles. The number of nitrogens with zero attached hydrogens (tertiary/aromatic N) is 1. The number of nitrogens with one attached hydrogen (secondary N) is 1. The number of hydrogen-bond acceptors (Lipinski definition) is 6. The molecule has 1 fully saturated rings. The Morgan fingerprint density at radius 1 is 1.03 bits per heavy atom. The summed E-state index contributed by atoms with van der Waals surface area (Å²) >= 11 is 6.10. The molecule has 168 valence electrons. The van der Waals surface area contributed by atoms with Gasteiger partial charge in [-0.1, -0.05) is 11.6 Å². The first-order valence-electron chi connectivity index (χ1n) is 9.66. The molecule has 1 aliphatic rings. The van der Waals surface area contributed by atoms with Crippen LogP contribution in [0.1, 0.15) is 12.8 Å². The average Bonchev–Trinajstić information content (AvgIpc) is 2.78. The summed E-state index contributed by atoms with van der Waals surface area (Å²) in [5, 5.41) is 3.05. The maximum Gasteiger partial charge on any atom is 0.243 e. The summed E-state index contributed by atoms with van der Waals surface area (Å²) in [6.07, 6.45) is 1.17. The van der Waals surface area contributed by atoms with E-state index < -0.39 is 15.9 Å². The zero-order valence-electron chi connectivity index (χ0n) is 17.6. The molecule has 2 aromatic carbocycles. The molecule has 1 aliphatic heterocycles. The third-order valence-electron chi connectivity index (χ3n) is 5.17. The number of methoxy groups -OCH3 is 3. The van der Waals surface area contributed by atoms with Crippen molar-refractivity contribution in [2.45, 2.75) is 17.7 Å². The molecule has 2 aromatic rings. The highest BCUT2D eigenvalue weighted by molar-refractivity contribution is 7.89. The molecular formula is C21H25ClN2O6S. The lowest BCUT2D eigenvalue weighted by atomic mass is 9.98. The van der Waals surface area contributed by atoms with Gasteiger partial charge < -0.3 is 19.5 Å². The number of anilines is 1. The van der Waals surface area contributed by atoms with Gasteiger partial charge in [-0.2, -0.15) is 4.31 Å². The van der Waals surface area contributed by atoms with E-state index in [0.717, 1.165) is 0 Å². The van der Waals surface area contributed by atoms with Gasteiger partial charge in [0.05, 0.1) is 37.2 Å². The molecule has 1 atom stereocenters. The lowest BCUT2D eigenvalue weighted by Gasteiger charge is -2.31. The number of carbonyl (C=O) groups excluding carboxylic acids is 1. The van der Waals surface area contributed by atoms with Crippen LogP contribution in [0, 0.1) is 5.92 Å². The number of ether oxygens (including phenoxy) is 3. The van der Waals surface area contributed by atoms with E-state index in [1.807, 2.05) is 0 Å².